The molecule has 2 heterocycles. The minimum atomic E-state index is -0.565. The van der Waals surface area contributed by atoms with Gasteiger partial charge in [-0.3, -0.25) is 9.36 Å². The summed E-state index contributed by atoms with van der Waals surface area (Å²) >= 11 is 3.51. The molecular formula is C12H17BrN4O. The van der Waals surface area contributed by atoms with Crippen molar-refractivity contribution >= 4 is 15.9 Å². The molecule has 0 fully saturated rings. The number of aliphatic hydroxyl groups excluding tert-OH is 1. The second-order valence-corrected chi connectivity index (χ2v) is 5.29. The molecule has 0 saturated heterocycles. The summed E-state index contributed by atoms with van der Waals surface area (Å²) < 4.78 is 4.53. The number of hydrogen-bond donors (Lipinski definition) is 1. The standard InChI is InChI=1S/C12H17BrN4O/c1-7-12(13)10(17(4)15-7)5-11(18)9-6-14-16(3)8(9)2/h6,11,18H,5H2,1-4H3. The number of hydrogen-bond acceptors (Lipinski definition) is 3. The van der Waals surface area contributed by atoms with E-state index in [1.165, 1.54) is 0 Å². The van der Waals surface area contributed by atoms with Crippen LogP contribution in [-0.4, -0.2) is 24.7 Å². The lowest BCUT2D eigenvalue weighted by molar-refractivity contribution is 0.174. The van der Waals surface area contributed by atoms with E-state index in [0.717, 1.165) is 27.1 Å². The minimum absolute atomic E-state index is 0.518. The second kappa shape index (κ2) is 4.85. The first-order chi connectivity index (χ1) is 8.41. The van der Waals surface area contributed by atoms with Gasteiger partial charge in [0.15, 0.2) is 0 Å². The average Bonchev–Trinajstić information content (AvgIpc) is 2.75. The van der Waals surface area contributed by atoms with Gasteiger partial charge in [0.25, 0.3) is 0 Å². The van der Waals surface area contributed by atoms with Crippen molar-refractivity contribution in [3.8, 4) is 0 Å². The second-order valence-electron chi connectivity index (χ2n) is 4.50. The van der Waals surface area contributed by atoms with E-state index in [4.69, 9.17) is 0 Å². The maximum absolute atomic E-state index is 10.3. The highest BCUT2D eigenvalue weighted by Crippen LogP contribution is 2.26. The fourth-order valence-corrected chi connectivity index (χ4v) is 2.54. The molecule has 0 saturated carbocycles. The molecule has 0 aliphatic heterocycles. The highest BCUT2D eigenvalue weighted by atomic mass is 79.9. The number of aromatic nitrogens is 4. The van der Waals surface area contributed by atoms with Gasteiger partial charge in [-0.15, -0.1) is 0 Å². The summed E-state index contributed by atoms with van der Waals surface area (Å²) in [5, 5.41) is 18.8. The monoisotopic (exact) mass is 312 g/mol. The maximum atomic E-state index is 10.3. The molecule has 2 aromatic heterocycles. The highest BCUT2D eigenvalue weighted by molar-refractivity contribution is 9.10. The summed E-state index contributed by atoms with van der Waals surface area (Å²) in [6.07, 6.45) is 1.67. The van der Waals surface area contributed by atoms with E-state index < -0.39 is 6.10 Å². The van der Waals surface area contributed by atoms with Crippen LogP contribution in [0.5, 0.6) is 0 Å². The molecule has 18 heavy (non-hydrogen) atoms. The molecular weight excluding hydrogens is 296 g/mol. The first-order valence-corrected chi connectivity index (χ1v) is 6.55. The van der Waals surface area contributed by atoms with Crippen molar-refractivity contribution in [2.24, 2.45) is 14.1 Å². The molecule has 98 valence electrons. The molecule has 0 amide bonds. The smallest absolute Gasteiger partial charge is 0.0878 e. The predicted molar refractivity (Wildman–Crippen MR) is 72.3 cm³/mol. The first-order valence-electron chi connectivity index (χ1n) is 5.76. The van der Waals surface area contributed by atoms with Gasteiger partial charge in [0.1, 0.15) is 0 Å². The number of halogens is 1. The van der Waals surface area contributed by atoms with E-state index in [1.54, 1.807) is 15.6 Å². The van der Waals surface area contributed by atoms with Crippen molar-refractivity contribution in [2.45, 2.75) is 26.4 Å². The first kappa shape index (κ1) is 13.3. The Balaban J connectivity index is 2.26. The molecule has 0 radical (unpaired) electrons. The Hall–Kier alpha value is -1.14. The zero-order valence-corrected chi connectivity index (χ0v) is 12.6. The molecule has 0 aliphatic carbocycles. The van der Waals surface area contributed by atoms with Gasteiger partial charge >= 0.3 is 0 Å². The maximum Gasteiger partial charge on any atom is 0.0878 e. The molecule has 2 aromatic rings. The summed E-state index contributed by atoms with van der Waals surface area (Å²) in [6.45, 7) is 3.89. The number of aryl methyl sites for hydroxylation is 3. The lowest BCUT2D eigenvalue weighted by Gasteiger charge is -2.11. The molecule has 6 heteroatoms. The SMILES string of the molecule is Cc1nn(C)c(CC(O)c2cnn(C)c2C)c1Br. The lowest BCUT2D eigenvalue weighted by atomic mass is 10.1. The summed E-state index contributed by atoms with van der Waals surface area (Å²) in [5.41, 5.74) is 3.77. The molecule has 0 bridgehead atoms. The third-order valence-electron chi connectivity index (χ3n) is 3.28. The van der Waals surface area contributed by atoms with Crippen molar-refractivity contribution in [1.29, 1.82) is 0 Å². The van der Waals surface area contributed by atoms with Crippen molar-refractivity contribution < 1.29 is 5.11 Å². The zero-order chi connectivity index (χ0) is 13.4. The highest BCUT2D eigenvalue weighted by Gasteiger charge is 2.19. The largest absolute Gasteiger partial charge is 0.388 e. The van der Waals surface area contributed by atoms with Crippen LogP contribution in [0.25, 0.3) is 0 Å². The van der Waals surface area contributed by atoms with E-state index in [1.807, 2.05) is 27.9 Å². The predicted octanol–water partition coefficient (Wildman–Crippen LogP) is 1.81. The summed E-state index contributed by atoms with van der Waals surface area (Å²) in [4.78, 5) is 0. The number of nitrogens with zero attached hydrogens (tertiary/aromatic N) is 4. The Labute approximate surface area is 115 Å². The molecule has 0 spiro atoms. The quantitative estimate of drug-likeness (QED) is 0.940. The fourth-order valence-electron chi connectivity index (χ4n) is 2.04. The fraction of sp³-hybridized carbons (Fsp3) is 0.500. The average molecular weight is 313 g/mol. The molecule has 0 aromatic carbocycles. The van der Waals surface area contributed by atoms with Crippen molar-refractivity contribution in [2.75, 3.05) is 0 Å². The van der Waals surface area contributed by atoms with Gasteiger partial charge in [-0.2, -0.15) is 10.2 Å². The zero-order valence-electron chi connectivity index (χ0n) is 11.0. The van der Waals surface area contributed by atoms with Crippen LogP contribution < -0.4 is 0 Å². The topological polar surface area (TPSA) is 55.9 Å². The van der Waals surface area contributed by atoms with Crippen LogP contribution in [0.15, 0.2) is 10.7 Å². The Kier molecular flexibility index (Phi) is 3.59. The number of aliphatic hydroxyl groups is 1. The Morgan fingerprint density at radius 3 is 2.44 bits per heavy atom. The normalized spacial score (nSPS) is 13.0. The van der Waals surface area contributed by atoms with E-state index in [0.29, 0.717) is 6.42 Å². The van der Waals surface area contributed by atoms with Crippen LogP contribution in [0.1, 0.15) is 28.7 Å². The molecule has 0 aliphatic rings. The van der Waals surface area contributed by atoms with E-state index in [2.05, 4.69) is 26.1 Å². The van der Waals surface area contributed by atoms with Crippen LogP contribution in [0.3, 0.4) is 0 Å². The molecule has 5 nitrogen and oxygen atoms in total. The number of rotatable bonds is 3. The van der Waals surface area contributed by atoms with Crippen molar-refractivity contribution in [3.05, 3.63) is 33.3 Å². The minimum Gasteiger partial charge on any atom is -0.388 e. The van der Waals surface area contributed by atoms with Crippen molar-refractivity contribution in [1.82, 2.24) is 19.6 Å². The van der Waals surface area contributed by atoms with Gasteiger partial charge < -0.3 is 5.11 Å². The van der Waals surface area contributed by atoms with E-state index >= 15 is 0 Å². The van der Waals surface area contributed by atoms with Crippen LogP contribution >= 0.6 is 15.9 Å². The van der Waals surface area contributed by atoms with Gasteiger partial charge in [0.05, 0.1) is 28.2 Å². The Morgan fingerprint density at radius 2 is 2.00 bits per heavy atom. The molecule has 1 unspecified atom stereocenters. The molecule has 1 N–H and O–H groups in total. The molecule has 2 rings (SSSR count). The third-order valence-corrected chi connectivity index (χ3v) is 4.31. The van der Waals surface area contributed by atoms with Gasteiger partial charge in [0.2, 0.25) is 0 Å². The lowest BCUT2D eigenvalue weighted by Crippen LogP contribution is -2.08. The molecule has 1 atom stereocenters. The van der Waals surface area contributed by atoms with Gasteiger partial charge in [-0.1, -0.05) is 0 Å². The van der Waals surface area contributed by atoms with Crippen LogP contribution in [0, 0.1) is 13.8 Å². The third kappa shape index (κ3) is 2.22. The van der Waals surface area contributed by atoms with Crippen LogP contribution in [0.2, 0.25) is 0 Å². The summed E-state index contributed by atoms with van der Waals surface area (Å²) in [5.74, 6) is 0. The van der Waals surface area contributed by atoms with Gasteiger partial charge in [-0.05, 0) is 29.8 Å². The van der Waals surface area contributed by atoms with Gasteiger partial charge in [-0.25, -0.2) is 0 Å². The van der Waals surface area contributed by atoms with Crippen LogP contribution in [-0.2, 0) is 20.5 Å². The van der Waals surface area contributed by atoms with E-state index in [9.17, 15) is 5.11 Å². The summed E-state index contributed by atoms with van der Waals surface area (Å²) in [6, 6.07) is 0. The Bertz CT molecular complexity index is 573. The van der Waals surface area contributed by atoms with E-state index in [-0.39, 0.29) is 0 Å². The van der Waals surface area contributed by atoms with Crippen LogP contribution in [0.4, 0.5) is 0 Å². The Morgan fingerprint density at radius 1 is 1.33 bits per heavy atom. The van der Waals surface area contributed by atoms with Gasteiger partial charge in [0, 0.05) is 31.8 Å². The van der Waals surface area contributed by atoms with Crippen molar-refractivity contribution in [3.63, 3.8) is 0 Å². The summed E-state index contributed by atoms with van der Waals surface area (Å²) in [7, 11) is 3.76.